The average molecular weight is 426 g/mol. The lowest BCUT2D eigenvalue weighted by molar-refractivity contribution is 0.0946. The van der Waals surface area contributed by atoms with Crippen LogP contribution in [0.3, 0.4) is 0 Å². The molecule has 0 spiro atoms. The first-order valence-electron chi connectivity index (χ1n) is 10.5. The van der Waals surface area contributed by atoms with Gasteiger partial charge in [0.2, 0.25) is 0 Å². The number of amides is 1. The van der Waals surface area contributed by atoms with Crippen LogP contribution in [-0.2, 0) is 6.42 Å². The van der Waals surface area contributed by atoms with Crippen molar-refractivity contribution < 1.29 is 13.6 Å². The van der Waals surface area contributed by atoms with Crippen LogP contribution in [0.2, 0.25) is 0 Å². The van der Waals surface area contributed by atoms with Gasteiger partial charge in [0, 0.05) is 42.0 Å². The van der Waals surface area contributed by atoms with Crippen LogP contribution in [-0.4, -0.2) is 52.5 Å². The topological polar surface area (TPSA) is 94.7 Å². The maximum atomic E-state index is 12.4. The maximum Gasteiger partial charge on any atom is 0.253 e. The summed E-state index contributed by atoms with van der Waals surface area (Å²) in [4.78, 5) is 25.1. The van der Waals surface area contributed by atoms with Crippen LogP contribution < -0.4 is 16.0 Å². The van der Waals surface area contributed by atoms with Gasteiger partial charge in [-0.1, -0.05) is 12.1 Å². The Labute approximate surface area is 178 Å². The Morgan fingerprint density at radius 3 is 2.81 bits per heavy atom. The van der Waals surface area contributed by atoms with Gasteiger partial charge in [0.05, 0.1) is 23.3 Å². The second-order valence-corrected chi connectivity index (χ2v) is 8.22. The van der Waals surface area contributed by atoms with Crippen molar-refractivity contribution in [3.8, 4) is 11.3 Å². The van der Waals surface area contributed by atoms with Crippen LogP contribution >= 0.6 is 0 Å². The molecule has 0 atom stereocenters. The number of hydrogen-bond acceptors (Lipinski definition) is 5. The number of carbonyl (C=O) groups excluding carboxylic acids is 1. The van der Waals surface area contributed by atoms with Gasteiger partial charge in [-0.15, -0.1) is 0 Å². The van der Waals surface area contributed by atoms with Gasteiger partial charge in [-0.3, -0.25) is 4.79 Å². The van der Waals surface area contributed by atoms with E-state index in [0.717, 1.165) is 52.9 Å². The number of para-hydroxylation sites is 1. The minimum absolute atomic E-state index is 0.0618. The molecule has 1 fully saturated rings. The fourth-order valence-corrected chi connectivity index (χ4v) is 4.31. The fourth-order valence-electron chi connectivity index (χ4n) is 4.31. The fraction of sp³-hybridized carbons (Fsp3) is 0.409. The van der Waals surface area contributed by atoms with Crippen LogP contribution in [0.4, 0.5) is 14.6 Å². The summed E-state index contributed by atoms with van der Waals surface area (Å²) in [6, 6.07) is 7.98. The van der Waals surface area contributed by atoms with E-state index >= 15 is 0 Å². The second kappa shape index (κ2) is 7.88. The SMILES string of the molecule is Cc1nc2cccc(-c3cc4c([nH]3)CCNC4=O)c2nc1N[C@H]1C[C@@H](NCC(F)F)C1. The van der Waals surface area contributed by atoms with Crippen molar-refractivity contribution in [3.05, 3.63) is 41.2 Å². The molecule has 1 amide bonds. The van der Waals surface area contributed by atoms with E-state index in [1.54, 1.807) is 0 Å². The van der Waals surface area contributed by atoms with E-state index < -0.39 is 6.43 Å². The zero-order chi connectivity index (χ0) is 21.5. The van der Waals surface area contributed by atoms with Gasteiger partial charge < -0.3 is 20.9 Å². The highest BCUT2D eigenvalue weighted by atomic mass is 19.3. The van der Waals surface area contributed by atoms with Crippen LogP contribution in [0, 0.1) is 6.92 Å². The molecule has 0 bridgehead atoms. The molecule has 4 N–H and O–H groups in total. The van der Waals surface area contributed by atoms with Gasteiger partial charge in [0.15, 0.2) is 0 Å². The molecule has 31 heavy (non-hydrogen) atoms. The van der Waals surface area contributed by atoms with E-state index in [-0.39, 0.29) is 24.5 Å². The van der Waals surface area contributed by atoms with Crippen LogP contribution in [0.25, 0.3) is 22.3 Å². The number of rotatable bonds is 6. The van der Waals surface area contributed by atoms with Crippen LogP contribution in [0.1, 0.15) is 34.6 Å². The molecule has 1 aliphatic heterocycles. The highest BCUT2D eigenvalue weighted by molar-refractivity contribution is 5.99. The molecule has 1 aliphatic carbocycles. The van der Waals surface area contributed by atoms with Gasteiger partial charge in [-0.25, -0.2) is 18.7 Å². The number of anilines is 1. The van der Waals surface area contributed by atoms with E-state index in [1.807, 2.05) is 31.2 Å². The summed E-state index contributed by atoms with van der Waals surface area (Å²) in [7, 11) is 0. The second-order valence-electron chi connectivity index (χ2n) is 8.22. The minimum Gasteiger partial charge on any atom is -0.366 e. The average Bonchev–Trinajstić information content (AvgIpc) is 3.14. The van der Waals surface area contributed by atoms with Crippen molar-refractivity contribution in [2.45, 2.75) is 44.7 Å². The molecule has 0 radical (unpaired) electrons. The Morgan fingerprint density at radius 1 is 1.19 bits per heavy atom. The number of benzene rings is 1. The summed E-state index contributed by atoms with van der Waals surface area (Å²) >= 11 is 0. The molecule has 0 unspecified atom stereocenters. The molecule has 0 saturated heterocycles. The maximum absolute atomic E-state index is 12.4. The summed E-state index contributed by atoms with van der Waals surface area (Å²) in [6.45, 7) is 2.26. The van der Waals surface area contributed by atoms with Crippen molar-refractivity contribution in [2.75, 3.05) is 18.4 Å². The zero-order valence-corrected chi connectivity index (χ0v) is 17.1. The molecule has 1 saturated carbocycles. The third-order valence-electron chi connectivity index (χ3n) is 6.00. The third-order valence-corrected chi connectivity index (χ3v) is 6.00. The van der Waals surface area contributed by atoms with Crippen LogP contribution in [0.5, 0.6) is 0 Å². The molecule has 3 aromatic rings. The largest absolute Gasteiger partial charge is 0.366 e. The summed E-state index contributed by atoms with van der Waals surface area (Å²) < 4.78 is 24.7. The van der Waals surface area contributed by atoms with Crippen molar-refractivity contribution in [1.82, 2.24) is 25.6 Å². The molecular formula is C22H24F2N6O. The quantitative estimate of drug-likeness (QED) is 0.486. The number of nitrogens with zero attached hydrogens (tertiary/aromatic N) is 2. The van der Waals surface area contributed by atoms with Crippen molar-refractivity contribution in [1.29, 1.82) is 0 Å². The van der Waals surface area contributed by atoms with Crippen molar-refractivity contribution in [2.24, 2.45) is 0 Å². The first-order valence-corrected chi connectivity index (χ1v) is 10.5. The van der Waals surface area contributed by atoms with Crippen LogP contribution in [0.15, 0.2) is 24.3 Å². The molecule has 3 heterocycles. The summed E-state index contributed by atoms with van der Waals surface area (Å²) in [5.41, 5.74) is 5.67. The number of nitrogens with one attached hydrogen (secondary N) is 4. The molecule has 7 nitrogen and oxygen atoms in total. The van der Waals surface area contributed by atoms with Gasteiger partial charge in [-0.05, 0) is 31.9 Å². The smallest absolute Gasteiger partial charge is 0.253 e. The highest BCUT2D eigenvalue weighted by Gasteiger charge is 2.30. The monoisotopic (exact) mass is 426 g/mol. The number of aryl methyl sites for hydroxylation is 1. The Morgan fingerprint density at radius 2 is 2.03 bits per heavy atom. The Hall–Kier alpha value is -3.07. The van der Waals surface area contributed by atoms with Gasteiger partial charge in [0.25, 0.3) is 12.3 Å². The Kier molecular flexibility index (Phi) is 5.05. The lowest BCUT2D eigenvalue weighted by Crippen LogP contribution is -2.49. The van der Waals surface area contributed by atoms with E-state index in [4.69, 9.17) is 9.97 Å². The first kappa shape index (κ1) is 19.9. The molecule has 2 aromatic heterocycles. The van der Waals surface area contributed by atoms with E-state index in [2.05, 4.69) is 20.9 Å². The number of alkyl halides is 2. The number of halogens is 2. The summed E-state index contributed by atoms with van der Waals surface area (Å²) in [5, 5.41) is 9.16. The summed E-state index contributed by atoms with van der Waals surface area (Å²) in [6.07, 6.45) is -0.0205. The normalized spacial score (nSPS) is 20.5. The summed E-state index contributed by atoms with van der Waals surface area (Å²) in [5.74, 6) is 0.639. The lowest BCUT2D eigenvalue weighted by Gasteiger charge is -2.37. The third kappa shape index (κ3) is 3.85. The number of H-pyrrole nitrogens is 1. The van der Waals surface area contributed by atoms with Crippen molar-refractivity contribution >= 4 is 22.8 Å². The number of fused-ring (bicyclic) bond motifs is 2. The zero-order valence-electron chi connectivity index (χ0n) is 17.1. The van der Waals surface area contributed by atoms with E-state index in [1.165, 1.54) is 0 Å². The highest BCUT2D eigenvalue weighted by Crippen LogP contribution is 2.31. The van der Waals surface area contributed by atoms with E-state index in [0.29, 0.717) is 17.9 Å². The molecule has 5 rings (SSSR count). The molecule has 162 valence electrons. The lowest BCUT2D eigenvalue weighted by atomic mass is 9.86. The molecular weight excluding hydrogens is 402 g/mol. The van der Waals surface area contributed by atoms with Crippen molar-refractivity contribution in [3.63, 3.8) is 0 Å². The van der Waals surface area contributed by atoms with E-state index in [9.17, 15) is 13.6 Å². The number of aromatic amines is 1. The molecule has 9 heteroatoms. The number of carbonyl (C=O) groups is 1. The minimum atomic E-state index is -2.33. The van der Waals surface area contributed by atoms with Gasteiger partial charge >= 0.3 is 0 Å². The standard InChI is InChI=1S/C22H24F2N6O/c1-11-21(28-13-7-12(8-13)26-10-19(23)24)30-20-14(3-2-4-17(20)27-11)18-9-15-16(29-18)5-6-25-22(15)31/h2-4,9,12-13,19,26,29H,5-8,10H2,1H3,(H,25,31)(H,28,30)/t12-,13+. The molecule has 2 aliphatic rings. The Balaban J connectivity index is 1.41. The predicted octanol–water partition coefficient (Wildman–Crippen LogP) is 3.02. The van der Waals surface area contributed by atoms with Gasteiger partial charge in [0.1, 0.15) is 11.3 Å². The first-order chi connectivity index (χ1) is 15.0. The predicted molar refractivity (Wildman–Crippen MR) is 115 cm³/mol. The van der Waals surface area contributed by atoms with Gasteiger partial charge in [-0.2, -0.15) is 0 Å². The molecule has 1 aromatic carbocycles. The number of hydrogen-bond donors (Lipinski definition) is 4. The number of aromatic nitrogens is 3. The Bertz CT molecular complexity index is 1140.